The van der Waals surface area contributed by atoms with E-state index in [2.05, 4.69) is 0 Å². The Morgan fingerprint density at radius 3 is 2.88 bits per heavy atom. The number of carbonyl (C=O) groups is 1. The molecule has 2 aliphatic rings. The molecule has 2 aliphatic heterocycles. The minimum absolute atomic E-state index is 0.0623. The first kappa shape index (κ1) is 12.0. The van der Waals surface area contributed by atoms with Crippen LogP contribution in [0, 0.1) is 5.92 Å². The minimum atomic E-state index is 0.0623. The first-order valence-corrected chi connectivity index (χ1v) is 6.16. The van der Waals surface area contributed by atoms with E-state index in [-0.39, 0.29) is 24.4 Å². The highest BCUT2D eigenvalue weighted by Crippen LogP contribution is 2.15. The molecule has 92 valence electrons. The van der Waals surface area contributed by atoms with Gasteiger partial charge in [0.2, 0.25) is 0 Å². The average Bonchev–Trinajstić information content (AvgIpc) is 2.84. The fourth-order valence-electron chi connectivity index (χ4n) is 2.14. The first-order valence-electron chi connectivity index (χ1n) is 6.16. The van der Waals surface area contributed by atoms with E-state index in [4.69, 9.17) is 14.2 Å². The van der Waals surface area contributed by atoms with Gasteiger partial charge in [-0.05, 0) is 25.7 Å². The van der Waals surface area contributed by atoms with E-state index >= 15 is 0 Å². The lowest BCUT2D eigenvalue weighted by Crippen LogP contribution is -2.27. The van der Waals surface area contributed by atoms with Crippen LogP contribution in [0.2, 0.25) is 0 Å². The van der Waals surface area contributed by atoms with Crippen LogP contribution in [0.1, 0.15) is 25.7 Å². The first-order chi connectivity index (χ1) is 7.86. The number of hydrogen-bond acceptors (Lipinski definition) is 4. The molecule has 2 saturated heterocycles. The second-order valence-corrected chi connectivity index (χ2v) is 4.53. The fraction of sp³-hybridized carbons (Fsp3) is 0.917. The molecule has 2 rings (SSSR count). The Hall–Kier alpha value is -0.450. The summed E-state index contributed by atoms with van der Waals surface area (Å²) in [4.78, 5) is 11.6. The highest BCUT2D eigenvalue weighted by atomic mass is 16.5. The maximum absolute atomic E-state index is 11.6. The third-order valence-corrected chi connectivity index (χ3v) is 3.21. The molecule has 0 amide bonds. The zero-order valence-corrected chi connectivity index (χ0v) is 9.65. The van der Waals surface area contributed by atoms with E-state index < -0.39 is 0 Å². The number of carbonyl (C=O) groups excluding carboxylic acids is 1. The second-order valence-electron chi connectivity index (χ2n) is 4.53. The summed E-state index contributed by atoms with van der Waals surface area (Å²) in [5.74, 6) is 0.237. The van der Waals surface area contributed by atoms with Gasteiger partial charge in [0.05, 0.1) is 19.3 Å². The van der Waals surface area contributed by atoms with E-state index in [9.17, 15) is 4.79 Å². The normalized spacial score (nSPS) is 30.5. The van der Waals surface area contributed by atoms with Crippen molar-refractivity contribution >= 4 is 5.78 Å². The molecule has 2 atom stereocenters. The van der Waals surface area contributed by atoms with Gasteiger partial charge in [-0.25, -0.2) is 0 Å². The summed E-state index contributed by atoms with van der Waals surface area (Å²) in [6.07, 6.45) is 4.46. The van der Waals surface area contributed by atoms with Crippen LogP contribution in [-0.2, 0) is 19.0 Å². The van der Waals surface area contributed by atoms with Gasteiger partial charge in [-0.1, -0.05) is 0 Å². The third kappa shape index (κ3) is 3.54. The third-order valence-electron chi connectivity index (χ3n) is 3.21. The smallest absolute Gasteiger partial charge is 0.163 e. The lowest BCUT2D eigenvalue weighted by Gasteiger charge is -2.22. The molecule has 16 heavy (non-hydrogen) atoms. The Balaban J connectivity index is 1.57. The van der Waals surface area contributed by atoms with Crippen LogP contribution < -0.4 is 0 Å². The molecule has 0 radical (unpaired) electrons. The molecule has 0 aromatic heterocycles. The van der Waals surface area contributed by atoms with Gasteiger partial charge >= 0.3 is 0 Å². The van der Waals surface area contributed by atoms with Crippen molar-refractivity contribution in [3.63, 3.8) is 0 Å². The Bertz CT molecular complexity index is 217. The quantitative estimate of drug-likeness (QED) is 0.708. The molecule has 0 aromatic carbocycles. The SMILES string of the molecule is O=C(COCC1CCCCO1)C1CCOC1. The summed E-state index contributed by atoms with van der Waals surface area (Å²) in [5, 5.41) is 0. The summed E-state index contributed by atoms with van der Waals surface area (Å²) < 4.78 is 16.1. The number of ketones is 1. The summed E-state index contributed by atoms with van der Waals surface area (Å²) >= 11 is 0. The van der Waals surface area contributed by atoms with E-state index in [1.165, 1.54) is 6.42 Å². The fourth-order valence-corrected chi connectivity index (χ4v) is 2.14. The Morgan fingerprint density at radius 1 is 1.25 bits per heavy atom. The molecule has 2 fully saturated rings. The average molecular weight is 228 g/mol. The predicted molar refractivity (Wildman–Crippen MR) is 58.3 cm³/mol. The van der Waals surface area contributed by atoms with Gasteiger partial charge < -0.3 is 14.2 Å². The van der Waals surface area contributed by atoms with E-state index in [1.54, 1.807) is 0 Å². The largest absolute Gasteiger partial charge is 0.381 e. The van der Waals surface area contributed by atoms with E-state index in [1.807, 2.05) is 0 Å². The van der Waals surface area contributed by atoms with Crippen molar-refractivity contribution in [3.05, 3.63) is 0 Å². The lowest BCUT2D eigenvalue weighted by molar-refractivity contribution is -0.129. The van der Waals surface area contributed by atoms with Gasteiger partial charge in [0.15, 0.2) is 5.78 Å². The van der Waals surface area contributed by atoms with Crippen LogP contribution >= 0.6 is 0 Å². The van der Waals surface area contributed by atoms with Crippen molar-refractivity contribution in [3.8, 4) is 0 Å². The van der Waals surface area contributed by atoms with Gasteiger partial charge in [0.1, 0.15) is 6.61 Å². The summed E-state index contributed by atoms with van der Waals surface area (Å²) in [7, 11) is 0. The lowest BCUT2D eigenvalue weighted by atomic mass is 10.0. The Labute approximate surface area is 96.2 Å². The molecule has 0 N–H and O–H groups in total. The maximum Gasteiger partial charge on any atom is 0.163 e. The van der Waals surface area contributed by atoms with Gasteiger partial charge in [-0.15, -0.1) is 0 Å². The Morgan fingerprint density at radius 2 is 2.19 bits per heavy atom. The molecule has 2 unspecified atom stereocenters. The molecular weight excluding hydrogens is 208 g/mol. The molecule has 4 nitrogen and oxygen atoms in total. The maximum atomic E-state index is 11.6. The van der Waals surface area contributed by atoms with Gasteiger partial charge in [0.25, 0.3) is 0 Å². The van der Waals surface area contributed by atoms with Crippen LogP contribution in [0.3, 0.4) is 0 Å². The number of Topliss-reactive ketones (excluding diaryl/α,β-unsaturated/α-hetero) is 1. The topological polar surface area (TPSA) is 44.8 Å². The van der Waals surface area contributed by atoms with E-state index in [0.29, 0.717) is 19.8 Å². The molecule has 0 aliphatic carbocycles. The second kappa shape index (κ2) is 6.33. The minimum Gasteiger partial charge on any atom is -0.381 e. The van der Waals surface area contributed by atoms with Crippen LogP contribution in [0.25, 0.3) is 0 Å². The molecular formula is C12H20O4. The molecule has 0 spiro atoms. The van der Waals surface area contributed by atoms with Crippen molar-refractivity contribution in [2.45, 2.75) is 31.8 Å². The number of ether oxygens (including phenoxy) is 3. The van der Waals surface area contributed by atoms with Crippen LogP contribution in [0.5, 0.6) is 0 Å². The van der Waals surface area contributed by atoms with Crippen molar-refractivity contribution in [2.24, 2.45) is 5.92 Å². The Kier molecular flexibility index (Phi) is 4.75. The summed E-state index contributed by atoms with van der Waals surface area (Å²) in [6, 6.07) is 0. The molecule has 0 aromatic rings. The van der Waals surface area contributed by atoms with Crippen molar-refractivity contribution in [2.75, 3.05) is 33.0 Å². The zero-order chi connectivity index (χ0) is 11.2. The summed E-state index contributed by atoms with van der Waals surface area (Å²) in [6.45, 7) is 2.88. The molecule has 4 heteroatoms. The predicted octanol–water partition coefficient (Wildman–Crippen LogP) is 1.18. The van der Waals surface area contributed by atoms with Crippen LogP contribution in [0.15, 0.2) is 0 Å². The van der Waals surface area contributed by atoms with Gasteiger partial charge in [-0.2, -0.15) is 0 Å². The van der Waals surface area contributed by atoms with E-state index in [0.717, 1.165) is 25.9 Å². The standard InChI is InChI=1S/C12H20O4/c13-12(10-4-6-14-7-10)9-15-8-11-3-1-2-5-16-11/h10-11H,1-9H2. The van der Waals surface area contributed by atoms with Crippen molar-refractivity contribution in [1.29, 1.82) is 0 Å². The van der Waals surface area contributed by atoms with Crippen molar-refractivity contribution < 1.29 is 19.0 Å². The highest BCUT2D eigenvalue weighted by molar-refractivity contribution is 5.82. The number of hydrogen-bond donors (Lipinski definition) is 0. The van der Waals surface area contributed by atoms with Gasteiger partial charge in [-0.3, -0.25) is 4.79 Å². The molecule has 0 bridgehead atoms. The molecule has 0 saturated carbocycles. The highest BCUT2D eigenvalue weighted by Gasteiger charge is 2.23. The number of rotatable bonds is 5. The van der Waals surface area contributed by atoms with Crippen molar-refractivity contribution in [1.82, 2.24) is 0 Å². The van der Waals surface area contributed by atoms with Crippen LogP contribution in [0.4, 0.5) is 0 Å². The van der Waals surface area contributed by atoms with Gasteiger partial charge in [0, 0.05) is 19.1 Å². The van der Waals surface area contributed by atoms with Crippen LogP contribution in [-0.4, -0.2) is 44.9 Å². The molecule has 2 heterocycles. The monoisotopic (exact) mass is 228 g/mol. The summed E-state index contributed by atoms with van der Waals surface area (Å²) in [5.41, 5.74) is 0. The zero-order valence-electron chi connectivity index (χ0n) is 9.65.